The molecule has 118 valence electrons. The molecule has 0 spiro atoms. The van der Waals surface area contributed by atoms with Crippen LogP contribution in [0.2, 0.25) is 0 Å². The summed E-state index contributed by atoms with van der Waals surface area (Å²) in [5, 5.41) is 0. The predicted molar refractivity (Wildman–Crippen MR) is 77.7 cm³/mol. The topological polar surface area (TPSA) is 37.4 Å². The highest BCUT2D eigenvalue weighted by Gasteiger charge is 2.31. The number of hydrogen-bond acceptors (Lipinski definition) is 2. The number of benzene rings is 1. The summed E-state index contributed by atoms with van der Waals surface area (Å²) in [5.41, 5.74) is 0.244. The normalized spacial score (nSPS) is 16.2. The van der Waals surface area contributed by atoms with Gasteiger partial charge in [0.2, 0.25) is 10.0 Å². The molecule has 2 rings (SSSR count). The van der Waals surface area contributed by atoms with E-state index >= 15 is 0 Å². The summed E-state index contributed by atoms with van der Waals surface area (Å²) in [6.07, 6.45) is 3.04. The van der Waals surface area contributed by atoms with Crippen LogP contribution in [-0.2, 0) is 15.9 Å². The average Bonchev–Trinajstić information content (AvgIpc) is 2.40. The molecule has 0 N–H and O–H groups in total. The lowest BCUT2D eigenvalue weighted by molar-refractivity contribution is 0.249. The molecule has 0 aliphatic heterocycles. The standard InChI is InChI=1S/C14H18ClF2NO2S/c1-2-18(9-10-4-3-5-10)21(19,20)13-7-11(8-15)6-12(16)14(13)17/h6-7,10H,2-5,8-9H2,1H3. The second kappa shape index (κ2) is 6.58. The van der Waals surface area contributed by atoms with Gasteiger partial charge in [0.1, 0.15) is 4.90 Å². The zero-order valence-corrected chi connectivity index (χ0v) is 13.4. The molecule has 0 bridgehead atoms. The number of rotatable bonds is 6. The molecule has 1 aliphatic rings. The number of halogens is 3. The highest BCUT2D eigenvalue weighted by atomic mass is 35.5. The van der Waals surface area contributed by atoms with Crippen LogP contribution in [0.15, 0.2) is 17.0 Å². The van der Waals surface area contributed by atoms with Crippen LogP contribution in [0.25, 0.3) is 0 Å². The average molecular weight is 338 g/mol. The van der Waals surface area contributed by atoms with E-state index < -0.39 is 26.6 Å². The van der Waals surface area contributed by atoms with Crippen molar-refractivity contribution in [2.24, 2.45) is 5.92 Å². The van der Waals surface area contributed by atoms with Gasteiger partial charge >= 0.3 is 0 Å². The highest BCUT2D eigenvalue weighted by molar-refractivity contribution is 7.89. The number of nitrogens with zero attached hydrogens (tertiary/aromatic N) is 1. The molecule has 3 nitrogen and oxygen atoms in total. The van der Waals surface area contributed by atoms with E-state index in [1.165, 1.54) is 4.31 Å². The molecule has 1 aromatic rings. The monoisotopic (exact) mass is 337 g/mol. The Bertz CT molecular complexity index is 618. The van der Waals surface area contributed by atoms with Gasteiger partial charge in [0.15, 0.2) is 11.6 Å². The molecule has 0 saturated heterocycles. The fraction of sp³-hybridized carbons (Fsp3) is 0.571. The lowest BCUT2D eigenvalue weighted by Gasteiger charge is -2.31. The predicted octanol–water partition coefficient (Wildman–Crippen LogP) is 3.51. The highest BCUT2D eigenvalue weighted by Crippen LogP contribution is 2.30. The number of hydrogen-bond donors (Lipinski definition) is 0. The molecule has 21 heavy (non-hydrogen) atoms. The molecule has 1 aliphatic carbocycles. The quantitative estimate of drug-likeness (QED) is 0.745. The van der Waals surface area contributed by atoms with Gasteiger partial charge in [-0.25, -0.2) is 17.2 Å². The van der Waals surface area contributed by atoms with Crippen molar-refractivity contribution in [3.8, 4) is 0 Å². The summed E-state index contributed by atoms with van der Waals surface area (Å²) in [6, 6.07) is 2.04. The molecule has 1 aromatic carbocycles. The van der Waals surface area contributed by atoms with Crippen LogP contribution in [0.3, 0.4) is 0 Å². The minimum atomic E-state index is -4.05. The molecule has 7 heteroatoms. The maximum absolute atomic E-state index is 13.9. The van der Waals surface area contributed by atoms with Gasteiger partial charge in [0, 0.05) is 19.0 Å². The first-order valence-corrected chi connectivity index (χ1v) is 8.91. The third-order valence-electron chi connectivity index (χ3n) is 3.87. The van der Waals surface area contributed by atoms with E-state index in [0.29, 0.717) is 12.5 Å². The van der Waals surface area contributed by atoms with E-state index in [2.05, 4.69) is 0 Å². The Labute approximate surface area is 129 Å². The summed E-state index contributed by atoms with van der Waals surface area (Å²) in [4.78, 5) is -0.626. The Morgan fingerprint density at radius 2 is 2.00 bits per heavy atom. The molecule has 0 aromatic heterocycles. The van der Waals surface area contributed by atoms with Crippen LogP contribution >= 0.6 is 11.6 Å². The first-order valence-electron chi connectivity index (χ1n) is 6.94. The lowest BCUT2D eigenvalue weighted by atomic mass is 9.85. The molecule has 1 fully saturated rings. The smallest absolute Gasteiger partial charge is 0.207 e. The second-order valence-electron chi connectivity index (χ2n) is 5.28. The fourth-order valence-electron chi connectivity index (χ4n) is 2.38. The van der Waals surface area contributed by atoms with Gasteiger partial charge < -0.3 is 0 Å². The Hall–Kier alpha value is -0.720. The first kappa shape index (κ1) is 16.6. The van der Waals surface area contributed by atoms with Crippen molar-refractivity contribution in [3.05, 3.63) is 29.3 Å². The Balaban J connectivity index is 2.39. The number of sulfonamides is 1. The van der Waals surface area contributed by atoms with E-state index in [0.717, 1.165) is 31.4 Å². The van der Waals surface area contributed by atoms with Gasteiger partial charge in [0.25, 0.3) is 0 Å². The van der Waals surface area contributed by atoms with Crippen molar-refractivity contribution in [2.75, 3.05) is 13.1 Å². The first-order chi connectivity index (χ1) is 9.90. The Morgan fingerprint density at radius 1 is 1.33 bits per heavy atom. The van der Waals surface area contributed by atoms with E-state index in [1.54, 1.807) is 6.92 Å². The lowest BCUT2D eigenvalue weighted by Crippen LogP contribution is -2.37. The summed E-state index contributed by atoms with van der Waals surface area (Å²) in [7, 11) is -4.05. The molecular weight excluding hydrogens is 320 g/mol. The van der Waals surface area contributed by atoms with Crippen LogP contribution in [0, 0.1) is 17.6 Å². The van der Waals surface area contributed by atoms with Gasteiger partial charge in [-0.3, -0.25) is 0 Å². The molecule has 0 heterocycles. The minimum Gasteiger partial charge on any atom is -0.207 e. The van der Waals surface area contributed by atoms with Gasteiger partial charge in [-0.2, -0.15) is 4.31 Å². The van der Waals surface area contributed by atoms with Crippen molar-refractivity contribution in [3.63, 3.8) is 0 Å². The van der Waals surface area contributed by atoms with Crippen molar-refractivity contribution in [1.29, 1.82) is 0 Å². The van der Waals surface area contributed by atoms with E-state index in [1.807, 2.05) is 0 Å². The zero-order valence-electron chi connectivity index (χ0n) is 11.8. The van der Waals surface area contributed by atoms with Crippen LogP contribution in [-0.4, -0.2) is 25.8 Å². The molecule has 0 unspecified atom stereocenters. The van der Waals surface area contributed by atoms with Crippen molar-refractivity contribution in [1.82, 2.24) is 4.31 Å². The molecule has 1 saturated carbocycles. The molecule has 0 radical (unpaired) electrons. The molecule has 0 amide bonds. The van der Waals surface area contributed by atoms with Crippen molar-refractivity contribution in [2.45, 2.75) is 37.0 Å². The fourth-order valence-corrected chi connectivity index (χ4v) is 4.19. The number of alkyl halides is 1. The van der Waals surface area contributed by atoms with Crippen LogP contribution < -0.4 is 0 Å². The summed E-state index contributed by atoms with van der Waals surface area (Å²) >= 11 is 5.61. The van der Waals surface area contributed by atoms with E-state index in [4.69, 9.17) is 11.6 Å². The molecule has 0 atom stereocenters. The Kier molecular flexibility index (Phi) is 5.22. The van der Waals surface area contributed by atoms with E-state index in [-0.39, 0.29) is 18.0 Å². The molecular formula is C14H18ClF2NO2S. The SMILES string of the molecule is CCN(CC1CCC1)S(=O)(=O)c1cc(CCl)cc(F)c1F. The Morgan fingerprint density at radius 3 is 2.48 bits per heavy atom. The summed E-state index contributed by atoms with van der Waals surface area (Å²) < 4.78 is 53.8. The second-order valence-corrected chi connectivity index (χ2v) is 7.45. The van der Waals surface area contributed by atoms with E-state index in [9.17, 15) is 17.2 Å². The van der Waals surface area contributed by atoms with Crippen LogP contribution in [0.1, 0.15) is 31.7 Å². The van der Waals surface area contributed by atoms with Gasteiger partial charge in [0.05, 0.1) is 0 Å². The minimum absolute atomic E-state index is 0.0749. The third kappa shape index (κ3) is 3.38. The maximum Gasteiger partial charge on any atom is 0.246 e. The van der Waals surface area contributed by atoms with Crippen LogP contribution in [0.4, 0.5) is 8.78 Å². The zero-order chi connectivity index (χ0) is 15.6. The van der Waals surface area contributed by atoms with Gasteiger partial charge in [-0.15, -0.1) is 11.6 Å². The van der Waals surface area contributed by atoms with Crippen molar-refractivity contribution >= 4 is 21.6 Å². The summed E-state index contributed by atoms with van der Waals surface area (Å²) in [5.74, 6) is -2.29. The largest absolute Gasteiger partial charge is 0.246 e. The third-order valence-corrected chi connectivity index (χ3v) is 6.11. The summed E-state index contributed by atoms with van der Waals surface area (Å²) in [6.45, 7) is 2.27. The van der Waals surface area contributed by atoms with Gasteiger partial charge in [-0.1, -0.05) is 13.3 Å². The van der Waals surface area contributed by atoms with Crippen LogP contribution in [0.5, 0.6) is 0 Å². The van der Waals surface area contributed by atoms with Crippen molar-refractivity contribution < 1.29 is 17.2 Å². The maximum atomic E-state index is 13.9. The van der Waals surface area contributed by atoms with Gasteiger partial charge in [-0.05, 0) is 36.5 Å².